The molecule has 0 unspecified atom stereocenters. The number of hydrogen-bond acceptors (Lipinski definition) is 1. The molecule has 2 rings (SSSR count). The number of benzene rings is 1. The van der Waals surface area contributed by atoms with Crippen LogP contribution in [0.5, 0.6) is 0 Å². The fourth-order valence-electron chi connectivity index (χ4n) is 1.38. The molecular formula is C11H9F3INO. The number of carbonyl (C=O) groups is 1. The maximum atomic E-state index is 12.5. The first-order valence-electron chi connectivity index (χ1n) is 5.05. The summed E-state index contributed by atoms with van der Waals surface area (Å²) in [5.41, 5.74) is -0.435. The molecule has 0 aromatic heterocycles. The van der Waals surface area contributed by atoms with E-state index in [-0.39, 0.29) is 21.1 Å². The summed E-state index contributed by atoms with van der Waals surface area (Å²) in [6, 6.07) is 3.62. The molecular weight excluding hydrogens is 346 g/mol. The van der Waals surface area contributed by atoms with Crippen molar-refractivity contribution < 1.29 is 18.0 Å². The zero-order valence-electron chi connectivity index (χ0n) is 8.64. The zero-order valence-corrected chi connectivity index (χ0v) is 10.8. The molecule has 0 aliphatic heterocycles. The normalized spacial score (nSPS) is 15.8. The Balaban J connectivity index is 2.20. The molecule has 1 aromatic carbocycles. The van der Waals surface area contributed by atoms with Crippen molar-refractivity contribution in [3.63, 3.8) is 0 Å². The van der Waals surface area contributed by atoms with Crippen LogP contribution in [0, 0.1) is 3.57 Å². The average Bonchev–Trinajstić information content (AvgIpc) is 2.99. The van der Waals surface area contributed by atoms with Gasteiger partial charge < -0.3 is 5.32 Å². The summed E-state index contributed by atoms with van der Waals surface area (Å²) in [6.45, 7) is 0. The molecule has 0 radical (unpaired) electrons. The van der Waals surface area contributed by atoms with Crippen LogP contribution >= 0.6 is 22.6 Å². The standard InChI is InChI=1S/C11H9F3INO/c12-11(13,14)8-4-1-6(5-9(8)15)10(17)16-7-2-3-7/h1,4-5,7H,2-3H2,(H,16,17). The molecule has 0 bridgehead atoms. The predicted molar refractivity (Wildman–Crippen MR) is 64.6 cm³/mol. The molecule has 6 heteroatoms. The quantitative estimate of drug-likeness (QED) is 0.812. The number of rotatable bonds is 2. The van der Waals surface area contributed by atoms with Crippen LogP contribution in [0.15, 0.2) is 18.2 Å². The van der Waals surface area contributed by atoms with Gasteiger partial charge in [-0.1, -0.05) is 0 Å². The van der Waals surface area contributed by atoms with Crippen LogP contribution in [0.3, 0.4) is 0 Å². The highest BCUT2D eigenvalue weighted by atomic mass is 127. The van der Waals surface area contributed by atoms with E-state index in [1.807, 2.05) is 0 Å². The highest BCUT2D eigenvalue weighted by molar-refractivity contribution is 14.1. The summed E-state index contributed by atoms with van der Waals surface area (Å²) >= 11 is 1.59. The summed E-state index contributed by atoms with van der Waals surface area (Å²) < 4.78 is 37.5. The number of nitrogens with one attached hydrogen (secondary N) is 1. The molecule has 1 amide bonds. The minimum absolute atomic E-state index is 0.0403. The lowest BCUT2D eigenvalue weighted by molar-refractivity contribution is -0.138. The fraction of sp³-hybridized carbons (Fsp3) is 0.364. The molecule has 92 valence electrons. The number of amides is 1. The molecule has 2 nitrogen and oxygen atoms in total. The number of alkyl halides is 3. The Kier molecular flexibility index (Phi) is 3.33. The SMILES string of the molecule is O=C(NC1CC1)c1ccc(C(F)(F)F)c(I)c1. The summed E-state index contributed by atoms with van der Waals surface area (Å²) in [6.07, 6.45) is -2.48. The van der Waals surface area contributed by atoms with Gasteiger partial charge in [0.1, 0.15) is 0 Å². The molecule has 1 fully saturated rings. The Morgan fingerprint density at radius 3 is 2.47 bits per heavy atom. The van der Waals surface area contributed by atoms with E-state index in [0.717, 1.165) is 18.9 Å². The first kappa shape index (κ1) is 12.7. The second-order valence-corrected chi connectivity index (χ2v) is 5.10. The van der Waals surface area contributed by atoms with E-state index in [1.54, 1.807) is 22.6 Å². The lowest BCUT2D eigenvalue weighted by atomic mass is 10.1. The molecule has 1 aliphatic carbocycles. The van der Waals surface area contributed by atoms with Crippen molar-refractivity contribution in [2.75, 3.05) is 0 Å². The van der Waals surface area contributed by atoms with Crippen LogP contribution in [0.25, 0.3) is 0 Å². The lowest BCUT2D eigenvalue weighted by Crippen LogP contribution is -2.25. The molecule has 0 heterocycles. The zero-order chi connectivity index (χ0) is 12.6. The molecule has 0 atom stereocenters. The lowest BCUT2D eigenvalue weighted by Gasteiger charge is -2.10. The minimum Gasteiger partial charge on any atom is -0.349 e. The van der Waals surface area contributed by atoms with E-state index in [9.17, 15) is 18.0 Å². The number of carbonyl (C=O) groups excluding carboxylic acids is 1. The van der Waals surface area contributed by atoms with Gasteiger partial charge in [0, 0.05) is 15.2 Å². The highest BCUT2D eigenvalue weighted by Gasteiger charge is 2.33. The first-order chi connectivity index (χ1) is 7.88. The van der Waals surface area contributed by atoms with Crippen LogP contribution in [0.2, 0.25) is 0 Å². The number of hydrogen-bond donors (Lipinski definition) is 1. The van der Waals surface area contributed by atoms with Crippen molar-refractivity contribution >= 4 is 28.5 Å². The van der Waals surface area contributed by atoms with Crippen molar-refractivity contribution in [1.29, 1.82) is 0 Å². The van der Waals surface area contributed by atoms with E-state index >= 15 is 0 Å². The maximum Gasteiger partial charge on any atom is 0.417 e. The van der Waals surface area contributed by atoms with Crippen molar-refractivity contribution in [3.8, 4) is 0 Å². The van der Waals surface area contributed by atoms with Crippen LogP contribution in [-0.4, -0.2) is 11.9 Å². The molecule has 1 N–H and O–H groups in total. The van der Waals surface area contributed by atoms with Gasteiger partial charge in [-0.15, -0.1) is 0 Å². The van der Waals surface area contributed by atoms with E-state index in [4.69, 9.17) is 0 Å². The molecule has 1 saturated carbocycles. The third kappa shape index (κ3) is 3.11. The summed E-state index contributed by atoms with van der Waals surface area (Å²) in [7, 11) is 0. The smallest absolute Gasteiger partial charge is 0.349 e. The Morgan fingerprint density at radius 1 is 1.35 bits per heavy atom. The van der Waals surface area contributed by atoms with Crippen LogP contribution in [0.4, 0.5) is 13.2 Å². The third-order valence-corrected chi connectivity index (χ3v) is 3.34. The molecule has 0 saturated heterocycles. The number of halogens is 4. The van der Waals surface area contributed by atoms with Crippen molar-refractivity contribution in [2.45, 2.75) is 25.1 Å². The topological polar surface area (TPSA) is 29.1 Å². The van der Waals surface area contributed by atoms with Gasteiger partial charge in [-0.2, -0.15) is 13.2 Å². The summed E-state index contributed by atoms with van der Waals surface area (Å²) in [4.78, 5) is 11.6. The van der Waals surface area contributed by atoms with E-state index in [1.165, 1.54) is 12.1 Å². The average molecular weight is 355 g/mol. The van der Waals surface area contributed by atoms with Gasteiger partial charge in [-0.25, -0.2) is 0 Å². The van der Waals surface area contributed by atoms with Gasteiger partial charge in [-0.3, -0.25) is 4.79 Å². The maximum absolute atomic E-state index is 12.5. The first-order valence-corrected chi connectivity index (χ1v) is 6.13. The van der Waals surface area contributed by atoms with Crippen LogP contribution in [0.1, 0.15) is 28.8 Å². The minimum atomic E-state index is -4.37. The molecule has 1 aliphatic rings. The largest absolute Gasteiger partial charge is 0.417 e. The third-order valence-electron chi connectivity index (χ3n) is 2.45. The summed E-state index contributed by atoms with van der Waals surface area (Å²) in [5.74, 6) is -0.306. The second-order valence-electron chi connectivity index (χ2n) is 3.94. The predicted octanol–water partition coefficient (Wildman–Crippen LogP) is 3.20. The molecule has 1 aromatic rings. The van der Waals surface area contributed by atoms with Crippen LogP contribution in [-0.2, 0) is 6.18 Å². The highest BCUT2D eigenvalue weighted by Crippen LogP contribution is 2.33. The Bertz CT molecular complexity index is 455. The van der Waals surface area contributed by atoms with Gasteiger partial charge in [0.2, 0.25) is 0 Å². The van der Waals surface area contributed by atoms with E-state index in [0.29, 0.717) is 0 Å². The Morgan fingerprint density at radius 2 is 2.00 bits per heavy atom. The van der Waals surface area contributed by atoms with Crippen molar-refractivity contribution in [3.05, 3.63) is 32.9 Å². The van der Waals surface area contributed by atoms with Crippen LogP contribution < -0.4 is 5.32 Å². The van der Waals surface area contributed by atoms with Gasteiger partial charge >= 0.3 is 6.18 Å². The van der Waals surface area contributed by atoms with Crippen molar-refractivity contribution in [1.82, 2.24) is 5.32 Å². The Labute approximate surface area is 110 Å². The molecule has 17 heavy (non-hydrogen) atoms. The second kappa shape index (κ2) is 4.47. The summed E-state index contributed by atoms with van der Waals surface area (Å²) in [5, 5.41) is 2.73. The van der Waals surface area contributed by atoms with E-state index < -0.39 is 11.7 Å². The fourth-order valence-corrected chi connectivity index (χ4v) is 2.20. The van der Waals surface area contributed by atoms with Gasteiger partial charge in [0.25, 0.3) is 5.91 Å². The monoisotopic (exact) mass is 355 g/mol. The van der Waals surface area contributed by atoms with Crippen molar-refractivity contribution in [2.24, 2.45) is 0 Å². The van der Waals surface area contributed by atoms with Gasteiger partial charge in [0.15, 0.2) is 0 Å². The van der Waals surface area contributed by atoms with E-state index in [2.05, 4.69) is 5.32 Å². The van der Waals surface area contributed by atoms with Gasteiger partial charge in [0.05, 0.1) is 5.56 Å². The Hall–Kier alpha value is -0.790. The van der Waals surface area contributed by atoms with Gasteiger partial charge in [-0.05, 0) is 53.6 Å². The molecule has 0 spiro atoms.